The van der Waals surface area contributed by atoms with Crippen molar-refractivity contribution < 1.29 is 14.0 Å². The van der Waals surface area contributed by atoms with Gasteiger partial charge in [0.25, 0.3) is 5.91 Å². The van der Waals surface area contributed by atoms with E-state index in [-0.39, 0.29) is 17.6 Å². The number of amides is 2. The van der Waals surface area contributed by atoms with E-state index in [1.54, 1.807) is 24.3 Å². The lowest BCUT2D eigenvalue weighted by molar-refractivity contribution is -0.132. The van der Waals surface area contributed by atoms with Gasteiger partial charge in [-0.05, 0) is 42.8 Å². The second-order valence-electron chi connectivity index (χ2n) is 5.79. The number of nitrogens with zero attached hydrogens (tertiary/aromatic N) is 1. The molecule has 0 aromatic heterocycles. The molecule has 0 N–H and O–H groups in total. The summed E-state index contributed by atoms with van der Waals surface area (Å²) in [6, 6.07) is 13.4. The summed E-state index contributed by atoms with van der Waals surface area (Å²) in [5.41, 5.74) is 0.526. The first-order valence-electron chi connectivity index (χ1n) is 7.24. The lowest BCUT2D eigenvalue weighted by Gasteiger charge is -2.38. The molecular weight excluding hydrogens is 313 g/mol. The summed E-state index contributed by atoms with van der Waals surface area (Å²) in [7, 11) is 1.52. The van der Waals surface area contributed by atoms with E-state index < -0.39 is 5.41 Å². The molecule has 0 bridgehead atoms. The molecule has 3 rings (SSSR count). The zero-order chi connectivity index (χ0) is 16.6. The highest BCUT2D eigenvalue weighted by Gasteiger charge is 2.45. The minimum atomic E-state index is -0.793. The molecule has 3 nitrogen and oxygen atoms in total. The summed E-state index contributed by atoms with van der Waals surface area (Å²) in [6.07, 6.45) is 0. The van der Waals surface area contributed by atoms with Gasteiger partial charge in [0.2, 0.25) is 5.91 Å². The van der Waals surface area contributed by atoms with Crippen LogP contribution in [-0.2, 0) is 10.2 Å². The maximum absolute atomic E-state index is 13.0. The molecule has 1 heterocycles. The van der Waals surface area contributed by atoms with E-state index >= 15 is 0 Å². The molecule has 2 amide bonds. The number of hydrogen-bond donors (Lipinski definition) is 0. The summed E-state index contributed by atoms with van der Waals surface area (Å²) in [4.78, 5) is 27.1. The second kappa shape index (κ2) is 5.81. The maximum Gasteiger partial charge on any atom is 0.260 e. The van der Waals surface area contributed by atoms with Crippen molar-refractivity contribution in [2.45, 2.75) is 17.2 Å². The van der Waals surface area contributed by atoms with Crippen molar-refractivity contribution in [1.82, 2.24) is 4.90 Å². The monoisotopic (exact) mass is 329 g/mol. The average molecular weight is 329 g/mol. The highest BCUT2D eigenvalue weighted by atomic mass is 32.2. The Morgan fingerprint density at radius 3 is 2.43 bits per heavy atom. The van der Waals surface area contributed by atoms with Gasteiger partial charge >= 0.3 is 0 Å². The first kappa shape index (κ1) is 15.7. The third-order valence-corrected chi connectivity index (χ3v) is 5.50. The van der Waals surface area contributed by atoms with E-state index in [2.05, 4.69) is 0 Å². The van der Waals surface area contributed by atoms with Crippen LogP contribution in [0.5, 0.6) is 0 Å². The summed E-state index contributed by atoms with van der Waals surface area (Å²) in [5, 5.41) is 0. The first-order chi connectivity index (χ1) is 10.9. The Labute approximate surface area is 138 Å². The van der Waals surface area contributed by atoms with Crippen molar-refractivity contribution in [2.24, 2.45) is 0 Å². The van der Waals surface area contributed by atoms with Crippen molar-refractivity contribution in [3.63, 3.8) is 0 Å². The summed E-state index contributed by atoms with van der Waals surface area (Å²) >= 11 is 1.48. The number of imide groups is 1. The van der Waals surface area contributed by atoms with Crippen LogP contribution in [0.2, 0.25) is 0 Å². The number of carbonyl (C=O) groups excluding carboxylic acids is 2. The van der Waals surface area contributed by atoms with Crippen molar-refractivity contribution in [2.75, 3.05) is 12.8 Å². The molecule has 2 aromatic rings. The zero-order valence-corrected chi connectivity index (χ0v) is 13.7. The highest BCUT2D eigenvalue weighted by molar-refractivity contribution is 7.99. The molecule has 1 unspecified atom stereocenters. The molecule has 0 fully saturated rings. The number of halogens is 1. The number of likely N-dealkylation sites (N-methyl/N-ethyl adjacent to an activating group) is 1. The largest absolute Gasteiger partial charge is 0.281 e. The van der Waals surface area contributed by atoms with E-state index in [1.807, 2.05) is 19.1 Å². The zero-order valence-electron chi connectivity index (χ0n) is 12.9. The molecular formula is C18H16FNO2S. The van der Waals surface area contributed by atoms with Crippen molar-refractivity contribution >= 4 is 23.6 Å². The fraction of sp³-hybridized carbons (Fsp3) is 0.222. The lowest BCUT2D eigenvalue weighted by Crippen LogP contribution is -2.52. The van der Waals surface area contributed by atoms with Gasteiger partial charge in [0, 0.05) is 23.3 Å². The van der Waals surface area contributed by atoms with Gasteiger partial charge in [-0.2, -0.15) is 0 Å². The fourth-order valence-electron chi connectivity index (χ4n) is 2.81. The molecule has 5 heteroatoms. The molecule has 2 aromatic carbocycles. The van der Waals surface area contributed by atoms with Crippen molar-refractivity contribution in [1.29, 1.82) is 0 Å². The van der Waals surface area contributed by atoms with E-state index in [0.29, 0.717) is 11.3 Å². The van der Waals surface area contributed by atoms with Gasteiger partial charge in [-0.15, -0.1) is 11.8 Å². The van der Waals surface area contributed by atoms with Crippen molar-refractivity contribution in [3.05, 3.63) is 65.5 Å². The van der Waals surface area contributed by atoms with Crippen LogP contribution in [0.25, 0.3) is 0 Å². The van der Waals surface area contributed by atoms with Crippen LogP contribution in [0, 0.1) is 5.82 Å². The van der Waals surface area contributed by atoms with Gasteiger partial charge in [-0.1, -0.05) is 18.2 Å². The predicted molar refractivity (Wildman–Crippen MR) is 88.0 cm³/mol. The first-order valence-corrected chi connectivity index (χ1v) is 8.22. The quantitative estimate of drug-likeness (QED) is 0.639. The van der Waals surface area contributed by atoms with Crippen LogP contribution in [0.1, 0.15) is 22.8 Å². The Kier molecular flexibility index (Phi) is 3.98. The number of fused-ring (bicyclic) bond motifs is 1. The van der Waals surface area contributed by atoms with E-state index in [0.717, 1.165) is 10.5 Å². The van der Waals surface area contributed by atoms with Gasteiger partial charge < -0.3 is 0 Å². The third-order valence-electron chi connectivity index (χ3n) is 4.17. The van der Waals surface area contributed by atoms with Crippen molar-refractivity contribution in [3.8, 4) is 0 Å². The molecule has 0 radical (unpaired) electrons. The normalized spacial score (nSPS) is 20.6. The molecule has 1 aliphatic rings. The Hall–Kier alpha value is -2.14. The number of hydrogen-bond acceptors (Lipinski definition) is 3. The molecule has 0 saturated heterocycles. The number of rotatable bonds is 3. The second-order valence-corrected chi connectivity index (χ2v) is 6.84. The van der Waals surface area contributed by atoms with Crippen LogP contribution in [0.4, 0.5) is 4.39 Å². The molecule has 1 aliphatic heterocycles. The average Bonchev–Trinajstić information content (AvgIpc) is 2.58. The van der Waals surface area contributed by atoms with E-state index in [4.69, 9.17) is 0 Å². The standard InChI is InChI=1S/C18H16FNO2S/c1-18(11-23-13-9-7-12(19)8-10-13)15-6-4-3-5-14(15)16(21)20(2)17(18)22/h3-10H,11H2,1-2H3. The minimum absolute atomic E-state index is 0.212. The van der Waals surface area contributed by atoms with Crippen LogP contribution in [0.3, 0.4) is 0 Å². The Balaban J connectivity index is 1.95. The molecule has 1 atom stereocenters. The number of thioether (sulfide) groups is 1. The van der Waals surface area contributed by atoms with Gasteiger partial charge in [0.1, 0.15) is 5.82 Å². The molecule has 0 saturated carbocycles. The summed E-state index contributed by atoms with van der Waals surface area (Å²) in [5.74, 6) is -0.290. The number of benzene rings is 2. The Bertz CT molecular complexity index is 775. The van der Waals surface area contributed by atoms with Gasteiger partial charge in [-0.3, -0.25) is 14.5 Å². The summed E-state index contributed by atoms with van der Waals surface area (Å²) < 4.78 is 13.0. The van der Waals surface area contributed by atoms with Gasteiger partial charge in [-0.25, -0.2) is 4.39 Å². The summed E-state index contributed by atoms with van der Waals surface area (Å²) in [6.45, 7) is 1.85. The van der Waals surface area contributed by atoms with Crippen LogP contribution >= 0.6 is 11.8 Å². The Morgan fingerprint density at radius 2 is 1.74 bits per heavy atom. The highest BCUT2D eigenvalue weighted by Crippen LogP contribution is 2.38. The number of carbonyl (C=O) groups is 2. The van der Waals surface area contributed by atoms with Crippen LogP contribution in [-0.4, -0.2) is 29.5 Å². The van der Waals surface area contributed by atoms with Crippen LogP contribution in [0.15, 0.2) is 53.4 Å². The predicted octanol–water partition coefficient (Wildman–Crippen LogP) is 3.49. The third kappa shape index (κ3) is 2.65. The lowest BCUT2D eigenvalue weighted by atomic mass is 9.77. The van der Waals surface area contributed by atoms with Gasteiger partial charge in [0.15, 0.2) is 0 Å². The van der Waals surface area contributed by atoms with Crippen LogP contribution < -0.4 is 0 Å². The molecule has 118 valence electrons. The molecule has 0 spiro atoms. The SMILES string of the molecule is CN1C(=O)c2ccccc2C(C)(CSc2ccc(F)cc2)C1=O. The fourth-order valence-corrected chi connectivity index (χ4v) is 3.87. The molecule has 0 aliphatic carbocycles. The smallest absolute Gasteiger partial charge is 0.260 e. The minimum Gasteiger partial charge on any atom is -0.281 e. The van der Waals surface area contributed by atoms with E-state index in [9.17, 15) is 14.0 Å². The van der Waals surface area contributed by atoms with E-state index in [1.165, 1.54) is 35.8 Å². The topological polar surface area (TPSA) is 37.4 Å². The van der Waals surface area contributed by atoms with Gasteiger partial charge in [0.05, 0.1) is 5.41 Å². The maximum atomic E-state index is 13.0. The Morgan fingerprint density at radius 1 is 1.09 bits per heavy atom. The molecule has 23 heavy (non-hydrogen) atoms.